The molecule has 1 heterocycles. The van der Waals surface area contributed by atoms with Crippen molar-refractivity contribution in [2.45, 2.75) is 26.3 Å². The van der Waals surface area contributed by atoms with E-state index in [1.54, 1.807) is 0 Å². The van der Waals surface area contributed by atoms with Crippen molar-refractivity contribution in [1.82, 2.24) is 4.90 Å². The van der Waals surface area contributed by atoms with Crippen molar-refractivity contribution in [2.24, 2.45) is 0 Å². The maximum absolute atomic E-state index is 8.66. The standard InChI is InChI=1S/C10H13N3/c1-8(2)13-4-3-9(7-13)10(5-11)6-12/h8H,3-4,7H2,1-2H3. The number of nitriles is 2. The molecule has 1 aliphatic heterocycles. The van der Waals surface area contributed by atoms with Crippen molar-refractivity contribution >= 4 is 0 Å². The summed E-state index contributed by atoms with van der Waals surface area (Å²) >= 11 is 0. The summed E-state index contributed by atoms with van der Waals surface area (Å²) in [4.78, 5) is 2.27. The smallest absolute Gasteiger partial charge is 0.130 e. The SMILES string of the molecule is CC(C)N1CCC(=C(C#N)C#N)C1. The summed E-state index contributed by atoms with van der Waals surface area (Å²) in [6.45, 7) is 6.01. The van der Waals surface area contributed by atoms with Crippen LogP contribution in [0.5, 0.6) is 0 Å². The minimum atomic E-state index is 0.308. The van der Waals surface area contributed by atoms with E-state index in [4.69, 9.17) is 10.5 Å². The molecule has 0 N–H and O–H groups in total. The van der Waals surface area contributed by atoms with Gasteiger partial charge in [0.15, 0.2) is 0 Å². The van der Waals surface area contributed by atoms with Crippen LogP contribution in [-0.4, -0.2) is 24.0 Å². The van der Waals surface area contributed by atoms with Crippen molar-refractivity contribution in [3.8, 4) is 12.1 Å². The second-order valence-electron chi connectivity index (χ2n) is 3.52. The first-order chi connectivity index (χ1) is 6.19. The lowest BCUT2D eigenvalue weighted by Gasteiger charge is -2.18. The first-order valence-corrected chi connectivity index (χ1v) is 4.45. The summed E-state index contributed by atoms with van der Waals surface area (Å²) in [5.41, 5.74) is 1.31. The monoisotopic (exact) mass is 175 g/mol. The van der Waals surface area contributed by atoms with Gasteiger partial charge in [0.05, 0.1) is 0 Å². The zero-order valence-corrected chi connectivity index (χ0v) is 8.04. The maximum Gasteiger partial charge on any atom is 0.130 e. The molecule has 3 heteroatoms. The van der Waals surface area contributed by atoms with E-state index in [9.17, 15) is 0 Å². The van der Waals surface area contributed by atoms with Gasteiger partial charge in [0, 0.05) is 19.1 Å². The van der Waals surface area contributed by atoms with Gasteiger partial charge < -0.3 is 0 Å². The molecule has 1 rings (SSSR count). The van der Waals surface area contributed by atoms with Crippen molar-refractivity contribution in [2.75, 3.05) is 13.1 Å². The predicted molar refractivity (Wildman–Crippen MR) is 49.6 cm³/mol. The van der Waals surface area contributed by atoms with Gasteiger partial charge in [0.2, 0.25) is 0 Å². The van der Waals surface area contributed by atoms with Gasteiger partial charge in [-0.15, -0.1) is 0 Å². The van der Waals surface area contributed by atoms with Crippen LogP contribution >= 0.6 is 0 Å². The molecule has 0 aliphatic carbocycles. The zero-order valence-electron chi connectivity index (χ0n) is 8.04. The Balaban J connectivity index is 2.76. The van der Waals surface area contributed by atoms with Crippen LogP contribution in [0.4, 0.5) is 0 Å². The van der Waals surface area contributed by atoms with Crippen LogP contribution in [0.2, 0.25) is 0 Å². The Labute approximate surface area is 78.9 Å². The Morgan fingerprint density at radius 2 is 2.00 bits per heavy atom. The lowest BCUT2D eigenvalue weighted by Crippen LogP contribution is -2.27. The average molecular weight is 175 g/mol. The minimum Gasteiger partial charge on any atom is -0.297 e. The fraction of sp³-hybridized carbons (Fsp3) is 0.600. The summed E-state index contributed by atoms with van der Waals surface area (Å²) in [7, 11) is 0. The van der Waals surface area contributed by atoms with Crippen molar-refractivity contribution < 1.29 is 0 Å². The molecule has 0 radical (unpaired) electrons. The third kappa shape index (κ3) is 2.08. The molecule has 0 unspecified atom stereocenters. The molecular formula is C10H13N3. The van der Waals surface area contributed by atoms with E-state index in [1.807, 2.05) is 12.1 Å². The van der Waals surface area contributed by atoms with Crippen LogP contribution in [0, 0.1) is 22.7 Å². The minimum absolute atomic E-state index is 0.308. The van der Waals surface area contributed by atoms with Crippen LogP contribution in [0.1, 0.15) is 20.3 Å². The molecule has 0 aromatic heterocycles. The van der Waals surface area contributed by atoms with Crippen molar-refractivity contribution in [3.05, 3.63) is 11.1 Å². The largest absolute Gasteiger partial charge is 0.297 e. The maximum atomic E-state index is 8.66. The summed E-state index contributed by atoms with van der Waals surface area (Å²) in [6, 6.07) is 4.39. The van der Waals surface area contributed by atoms with E-state index in [0.717, 1.165) is 25.1 Å². The van der Waals surface area contributed by atoms with Crippen LogP contribution in [-0.2, 0) is 0 Å². The quantitative estimate of drug-likeness (QED) is 0.567. The van der Waals surface area contributed by atoms with Gasteiger partial charge in [-0.2, -0.15) is 10.5 Å². The number of nitrogens with zero attached hydrogens (tertiary/aromatic N) is 3. The highest BCUT2D eigenvalue weighted by Gasteiger charge is 2.21. The van der Waals surface area contributed by atoms with Gasteiger partial charge >= 0.3 is 0 Å². The molecule has 0 saturated carbocycles. The first kappa shape index (κ1) is 9.77. The van der Waals surface area contributed by atoms with Crippen molar-refractivity contribution in [1.29, 1.82) is 10.5 Å². The molecule has 1 saturated heterocycles. The number of hydrogen-bond acceptors (Lipinski definition) is 3. The Morgan fingerprint density at radius 3 is 2.38 bits per heavy atom. The third-order valence-corrected chi connectivity index (χ3v) is 2.40. The van der Waals surface area contributed by atoms with E-state index >= 15 is 0 Å². The highest BCUT2D eigenvalue weighted by atomic mass is 15.2. The molecule has 0 bridgehead atoms. The molecule has 68 valence electrons. The molecular weight excluding hydrogens is 162 g/mol. The van der Waals surface area contributed by atoms with E-state index < -0.39 is 0 Å². The molecule has 0 amide bonds. The number of hydrogen-bond donors (Lipinski definition) is 0. The highest BCUT2D eigenvalue weighted by molar-refractivity contribution is 5.41. The molecule has 0 aromatic carbocycles. The van der Waals surface area contributed by atoms with E-state index in [1.165, 1.54) is 0 Å². The molecule has 1 aliphatic rings. The van der Waals surface area contributed by atoms with Crippen molar-refractivity contribution in [3.63, 3.8) is 0 Å². The molecule has 1 fully saturated rings. The van der Waals surface area contributed by atoms with Gasteiger partial charge in [-0.1, -0.05) is 0 Å². The lowest BCUT2D eigenvalue weighted by molar-refractivity contribution is 0.281. The second kappa shape index (κ2) is 4.07. The van der Waals surface area contributed by atoms with Crippen LogP contribution in [0.15, 0.2) is 11.1 Å². The predicted octanol–water partition coefficient (Wildman–Crippen LogP) is 1.44. The Bertz CT molecular complexity index is 285. The summed E-state index contributed by atoms with van der Waals surface area (Å²) in [6.07, 6.45) is 0.870. The molecule has 0 aromatic rings. The van der Waals surface area contributed by atoms with Gasteiger partial charge in [-0.25, -0.2) is 0 Å². The van der Waals surface area contributed by atoms with E-state index in [-0.39, 0.29) is 0 Å². The third-order valence-electron chi connectivity index (χ3n) is 2.40. The van der Waals surface area contributed by atoms with E-state index in [2.05, 4.69) is 18.7 Å². The molecule has 13 heavy (non-hydrogen) atoms. The first-order valence-electron chi connectivity index (χ1n) is 4.45. The number of rotatable bonds is 1. The fourth-order valence-electron chi connectivity index (χ4n) is 1.51. The Hall–Kier alpha value is -1.32. The van der Waals surface area contributed by atoms with Gasteiger partial charge in [-0.05, 0) is 25.8 Å². The van der Waals surface area contributed by atoms with Gasteiger partial charge in [0.25, 0.3) is 0 Å². The summed E-state index contributed by atoms with van der Waals surface area (Å²) in [5.74, 6) is 0. The fourth-order valence-corrected chi connectivity index (χ4v) is 1.51. The summed E-state index contributed by atoms with van der Waals surface area (Å²) in [5, 5.41) is 17.3. The topological polar surface area (TPSA) is 50.8 Å². The zero-order chi connectivity index (χ0) is 9.84. The number of allylic oxidation sites excluding steroid dienone is 1. The van der Waals surface area contributed by atoms with Gasteiger partial charge in [0.1, 0.15) is 17.7 Å². The Morgan fingerprint density at radius 1 is 1.38 bits per heavy atom. The lowest BCUT2D eigenvalue weighted by atomic mass is 10.1. The summed E-state index contributed by atoms with van der Waals surface area (Å²) < 4.78 is 0. The normalized spacial score (nSPS) is 17.2. The molecule has 0 spiro atoms. The van der Waals surface area contributed by atoms with Crippen LogP contribution < -0.4 is 0 Å². The van der Waals surface area contributed by atoms with Gasteiger partial charge in [-0.3, -0.25) is 4.90 Å². The second-order valence-corrected chi connectivity index (χ2v) is 3.52. The molecule has 3 nitrogen and oxygen atoms in total. The van der Waals surface area contributed by atoms with Crippen LogP contribution in [0.3, 0.4) is 0 Å². The average Bonchev–Trinajstić information content (AvgIpc) is 2.56. The van der Waals surface area contributed by atoms with Crippen LogP contribution in [0.25, 0.3) is 0 Å². The highest BCUT2D eigenvalue weighted by Crippen LogP contribution is 2.20. The molecule has 0 atom stereocenters. The number of likely N-dealkylation sites (tertiary alicyclic amines) is 1. The Kier molecular flexibility index (Phi) is 3.06. The van der Waals surface area contributed by atoms with E-state index in [0.29, 0.717) is 11.6 Å².